The summed E-state index contributed by atoms with van der Waals surface area (Å²) in [7, 11) is 0. The molecule has 0 aliphatic rings. The van der Waals surface area contributed by atoms with Gasteiger partial charge in [0, 0.05) is 21.9 Å². The van der Waals surface area contributed by atoms with E-state index in [1.807, 2.05) is 30.3 Å². The van der Waals surface area contributed by atoms with Crippen LogP contribution < -0.4 is 10.6 Å². The predicted molar refractivity (Wildman–Crippen MR) is 109 cm³/mol. The van der Waals surface area contributed by atoms with Crippen molar-refractivity contribution in [3.63, 3.8) is 0 Å². The number of nitrogens with one attached hydrogen (secondary N) is 2. The van der Waals surface area contributed by atoms with Crippen molar-refractivity contribution >= 4 is 63.6 Å². The molecule has 0 unspecified atom stereocenters. The van der Waals surface area contributed by atoms with E-state index in [9.17, 15) is 0 Å². The Bertz CT molecular complexity index is 876. The largest absolute Gasteiger partial charge is 0.332 e. The molecule has 0 fully saturated rings. The summed E-state index contributed by atoms with van der Waals surface area (Å²) in [4.78, 5) is 0. The molecule has 0 spiro atoms. The summed E-state index contributed by atoms with van der Waals surface area (Å²) in [5.74, 6) is 0.475. The molecule has 0 saturated heterocycles. The van der Waals surface area contributed by atoms with Gasteiger partial charge < -0.3 is 10.6 Å². The minimum Gasteiger partial charge on any atom is -0.332 e. The Balaban J connectivity index is 1.67. The minimum atomic E-state index is 0.338. The van der Waals surface area contributed by atoms with E-state index in [1.165, 1.54) is 0 Å². The Morgan fingerprint density at radius 1 is 1.00 bits per heavy atom. The maximum atomic E-state index is 6.23. The number of halogens is 3. The lowest BCUT2D eigenvalue weighted by Crippen LogP contribution is -2.19. The highest BCUT2D eigenvalue weighted by atomic mass is 35.5. The smallest absolute Gasteiger partial charge is 0.176 e. The molecule has 0 radical (unpaired) electrons. The lowest BCUT2D eigenvalue weighted by molar-refractivity contribution is 0.690. The van der Waals surface area contributed by atoms with Crippen molar-refractivity contribution in [1.29, 1.82) is 0 Å². The van der Waals surface area contributed by atoms with Crippen LogP contribution in [0.2, 0.25) is 15.1 Å². The summed E-state index contributed by atoms with van der Waals surface area (Å²) in [5.41, 5.74) is 1.80. The molecule has 0 bridgehead atoms. The lowest BCUT2D eigenvalue weighted by Gasteiger charge is -2.09. The molecule has 3 rings (SSSR count). The van der Waals surface area contributed by atoms with Crippen molar-refractivity contribution < 1.29 is 0 Å². The standard InChI is InChI=1S/C17H13Cl3N4S/c18-12-6-13(19)8-14(7-12)21-17(25)22-16-15(20)10-24(23-16)9-11-4-2-1-3-5-11/h1-8,10H,9H2,(H2,21,22,23,25). The minimum absolute atomic E-state index is 0.338. The first-order valence-electron chi connectivity index (χ1n) is 7.30. The molecule has 8 heteroatoms. The van der Waals surface area contributed by atoms with Gasteiger partial charge in [-0.2, -0.15) is 5.10 Å². The van der Waals surface area contributed by atoms with Crippen molar-refractivity contribution in [2.24, 2.45) is 0 Å². The van der Waals surface area contributed by atoms with E-state index >= 15 is 0 Å². The highest BCUT2D eigenvalue weighted by Crippen LogP contribution is 2.24. The first kappa shape index (κ1) is 18.0. The maximum absolute atomic E-state index is 6.23. The first-order chi connectivity index (χ1) is 12.0. The van der Waals surface area contributed by atoms with Crippen molar-refractivity contribution in [3.05, 3.63) is 75.4 Å². The number of thiocarbonyl (C=S) groups is 1. The monoisotopic (exact) mass is 410 g/mol. The van der Waals surface area contributed by atoms with E-state index in [0.717, 1.165) is 5.56 Å². The van der Waals surface area contributed by atoms with Gasteiger partial charge in [-0.25, -0.2) is 0 Å². The van der Waals surface area contributed by atoms with E-state index in [2.05, 4.69) is 15.7 Å². The molecule has 0 saturated carbocycles. The van der Waals surface area contributed by atoms with Crippen LogP contribution in [0.3, 0.4) is 0 Å². The molecule has 4 nitrogen and oxygen atoms in total. The first-order valence-corrected chi connectivity index (χ1v) is 8.85. The molecule has 1 heterocycles. The van der Waals surface area contributed by atoms with Gasteiger partial charge in [0.1, 0.15) is 5.02 Å². The zero-order valence-electron chi connectivity index (χ0n) is 12.8. The zero-order chi connectivity index (χ0) is 17.8. The van der Waals surface area contributed by atoms with Crippen LogP contribution in [-0.4, -0.2) is 14.9 Å². The summed E-state index contributed by atoms with van der Waals surface area (Å²) >= 11 is 23.5. The molecule has 3 aromatic rings. The highest BCUT2D eigenvalue weighted by molar-refractivity contribution is 7.80. The number of benzene rings is 2. The van der Waals surface area contributed by atoms with Crippen molar-refractivity contribution in [2.75, 3.05) is 10.6 Å². The third kappa shape index (κ3) is 5.09. The van der Waals surface area contributed by atoms with Gasteiger partial charge in [0.25, 0.3) is 0 Å². The number of anilines is 2. The molecule has 1 aromatic heterocycles. The Morgan fingerprint density at radius 3 is 2.36 bits per heavy atom. The van der Waals surface area contributed by atoms with Gasteiger partial charge in [0.05, 0.1) is 6.54 Å². The average Bonchev–Trinajstić information content (AvgIpc) is 2.86. The number of rotatable bonds is 4. The number of aromatic nitrogens is 2. The second kappa shape index (κ2) is 8.06. The maximum Gasteiger partial charge on any atom is 0.176 e. The van der Waals surface area contributed by atoms with Crippen LogP contribution in [0.1, 0.15) is 5.56 Å². The third-order valence-corrected chi connectivity index (χ3v) is 4.17. The summed E-state index contributed by atoms with van der Waals surface area (Å²) in [6.45, 7) is 0.617. The summed E-state index contributed by atoms with van der Waals surface area (Å²) in [6.07, 6.45) is 1.75. The van der Waals surface area contributed by atoms with Crippen LogP contribution in [-0.2, 0) is 6.54 Å². The van der Waals surface area contributed by atoms with Gasteiger partial charge >= 0.3 is 0 Å². The molecular formula is C17H13Cl3N4S. The Kier molecular flexibility index (Phi) is 5.81. The van der Waals surface area contributed by atoms with E-state index in [-0.39, 0.29) is 0 Å². The average molecular weight is 412 g/mol. The fourth-order valence-electron chi connectivity index (χ4n) is 2.23. The second-order valence-corrected chi connectivity index (χ2v) is 6.93. The van der Waals surface area contributed by atoms with Crippen molar-refractivity contribution in [3.8, 4) is 0 Å². The van der Waals surface area contributed by atoms with Crippen LogP contribution in [0.4, 0.5) is 11.5 Å². The fraction of sp³-hybridized carbons (Fsp3) is 0.0588. The van der Waals surface area contributed by atoms with Gasteiger partial charge in [-0.1, -0.05) is 65.1 Å². The lowest BCUT2D eigenvalue weighted by atomic mass is 10.2. The Labute approximate surface area is 165 Å². The zero-order valence-corrected chi connectivity index (χ0v) is 15.9. The SMILES string of the molecule is S=C(Nc1cc(Cl)cc(Cl)c1)Nc1nn(Cc2ccccc2)cc1Cl. The topological polar surface area (TPSA) is 41.9 Å². The molecule has 25 heavy (non-hydrogen) atoms. The summed E-state index contributed by atoms with van der Waals surface area (Å²) in [6, 6.07) is 15.1. The molecular weight excluding hydrogens is 399 g/mol. The van der Waals surface area contributed by atoms with Crippen LogP contribution in [0, 0.1) is 0 Å². The van der Waals surface area contributed by atoms with Crippen LogP contribution >= 0.6 is 47.0 Å². The molecule has 0 aliphatic carbocycles. The number of nitrogens with zero attached hydrogens (tertiary/aromatic N) is 2. The molecule has 0 atom stereocenters. The highest BCUT2D eigenvalue weighted by Gasteiger charge is 2.09. The van der Waals surface area contributed by atoms with Crippen LogP contribution in [0.5, 0.6) is 0 Å². The van der Waals surface area contributed by atoms with Gasteiger partial charge in [0.15, 0.2) is 10.9 Å². The van der Waals surface area contributed by atoms with Gasteiger partial charge in [0.2, 0.25) is 0 Å². The van der Waals surface area contributed by atoms with Crippen molar-refractivity contribution in [1.82, 2.24) is 9.78 Å². The summed E-state index contributed by atoms with van der Waals surface area (Å²) < 4.78 is 1.75. The van der Waals surface area contributed by atoms with Gasteiger partial charge in [-0.15, -0.1) is 0 Å². The van der Waals surface area contributed by atoms with E-state index < -0.39 is 0 Å². The van der Waals surface area contributed by atoms with Crippen molar-refractivity contribution in [2.45, 2.75) is 6.54 Å². The number of hydrogen-bond donors (Lipinski definition) is 2. The normalized spacial score (nSPS) is 10.5. The quantitative estimate of drug-likeness (QED) is 0.540. The summed E-state index contributed by atoms with van der Waals surface area (Å²) in [5, 5.41) is 12.2. The Hall–Kier alpha value is -1.79. The van der Waals surface area contributed by atoms with Crippen LogP contribution in [0.15, 0.2) is 54.7 Å². The molecule has 2 N–H and O–H groups in total. The predicted octanol–water partition coefficient (Wildman–Crippen LogP) is 5.70. The second-order valence-electron chi connectivity index (χ2n) is 5.25. The molecule has 2 aromatic carbocycles. The number of hydrogen-bond acceptors (Lipinski definition) is 2. The van der Waals surface area contributed by atoms with Crippen LogP contribution in [0.25, 0.3) is 0 Å². The van der Waals surface area contributed by atoms with Gasteiger partial charge in [-0.05, 0) is 36.0 Å². The van der Waals surface area contributed by atoms with Gasteiger partial charge in [-0.3, -0.25) is 4.68 Å². The van der Waals surface area contributed by atoms with E-state index in [1.54, 1.807) is 29.1 Å². The Morgan fingerprint density at radius 2 is 1.68 bits per heavy atom. The van der Waals surface area contributed by atoms with E-state index in [4.69, 9.17) is 47.0 Å². The molecule has 0 aliphatic heterocycles. The molecule has 0 amide bonds. The third-order valence-electron chi connectivity index (χ3n) is 3.26. The van der Waals surface area contributed by atoms with E-state index in [0.29, 0.717) is 38.2 Å². The molecule has 128 valence electrons. The fourth-order valence-corrected chi connectivity index (χ4v) is 3.17.